The van der Waals surface area contributed by atoms with Crippen LogP contribution >= 0.6 is 11.3 Å². The number of benzene rings is 1. The summed E-state index contributed by atoms with van der Waals surface area (Å²) < 4.78 is 39.8. The van der Waals surface area contributed by atoms with Crippen molar-refractivity contribution in [2.75, 3.05) is 12.3 Å². The number of carbonyl (C=O) groups excluding carboxylic acids is 1. The standard InChI is InChI=1S/C21H20F3N5OS/c1-12-18(31-11-27-12)19(30)29-8-3-2-7-16(29)17-15(10-26-20(25)28-17)13-5-4-6-14(9-13)21(22,23)24/h4-6,9-11,16H,2-3,7-8H2,1H3,(H2,25,26,28)/t16-/m1/s1. The first-order chi connectivity index (χ1) is 14.8. The Morgan fingerprint density at radius 1 is 1.26 bits per heavy atom. The van der Waals surface area contributed by atoms with Crippen LogP contribution in [0.2, 0.25) is 0 Å². The van der Waals surface area contributed by atoms with Crippen LogP contribution in [0.4, 0.5) is 19.1 Å². The Morgan fingerprint density at radius 2 is 2.06 bits per heavy atom. The van der Waals surface area contributed by atoms with Gasteiger partial charge in [-0.2, -0.15) is 13.2 Å². The van der Waals surface area contributed by atoms with Crippen molar-refractivity contribution in [1.29, 1.82) is 0 Å². The molecule has 162 valence electrons. The summed E-state index contributed by atoms with van der Waals surface area (Å²) in [7, 11) is 0. The van der Waals surface area contributed by atoms with Gasteiger partial charge in [0, 0.05) is 18.3 Å². The van der Waals surface area contributed by atoms with E-state index in [2.05, 4.69) is 15.0 Å². The molecule has 3 aromatic rings. The normalized spacial score (nSPS) is 17.0. The number of aryl methyl sites for hydroxylation is 1. The highest BCUT2D eigenvalue weighted by Crippen LogP contribution is 2.39. The minimum Gasteiger partial charge on any atom is -0.368 e. The predicted molar refractivity (Wildman–Crippen MR) is 111 cm³/mol. The average molecular weight is 447 g/mol. The molecular formula is C21H20F3N5OS. The second kappa shape index (κ2) is 8.26. The van der Waals surface area contributed by atoms with E-state index in [0.29, 0.717) is 40.4 Å². The maximum absolute atomic E-state index is 13.3. The second-order valence-electron chi connectivity index (χ2n) is 7.38. The molecule has 4 rings (SSSR count). The number of anilines is 1. The molecule has 1 aliphatic heterocycles. The van der Waals surface area contributed by atoms with E-state index in [1.54, 1.807) is 23.4 Å². The van der Waals surface area contributed by atoms with Crippen molar-refractivity contribution in [2.45, 2.75) is 38.4 Å². The van der Waals surface area contributed by atoms with Gasteiger partial charge in [-0.1, -0.05) is 12.1 Å². The number of likely N-dealkylation sites (tertiary alicyclic amines) is 1. The monoisotopic (exact) mass is 447 g/mol. The molecule has 2 aromatic heterocycles. The smallest absolute Gasteiger partial charge is 0.368 e. The molecular weight excluding hydrogens is 427 g/mol. The van der Waals surface area contributed by atoms with Crippen LogP contribution in [0, 0.1) is 6.92 Å². The van der Waals surface area contributed by atoms with E-state index in [4.69, 9.17) is 5.73 Å². The fourth-order valence-corrected chi connectivity index (χ4v) is 4.60. The molecule has 0 radical (unpaired) electrons. The van der Waals surface area contributed by atoms with Crippen molar-refractivity contribution < 1.29 is 18.0 Å². The van der Waals surface area contributed by atoms with Crippen LogP contribution in [0.3, 0.4) is 0 Å². The van der Waals surface area contributed by atoms with Crippen molar-refractivity contribution in [3.63, 3.8) is 0 Å². The number of aromatic nitrogens is 3. The van der Waals surface area contributed by atoms with Gasteiger partial charge in [0.15, 0.2) is 0 Å². The maximum Gasteiger partial charge on any atom is 0.416 e. The number of hydrogen-bond donors (Lipinski definition) is 1. The van der Waals surface area contributed by atoms with Gasteiger partial charge in [-0.25, -0.2) is 15.0 Å². The molecule has 1 aromatic carbocycles. The summed E-state index contributed by atoms with van der Waals surface area (Å²) in [6, 6.07) is 4.60. The van der Waals surface area contributed by atoms with Crippen LogP contribution < -0.4 is 5.73 Å². The summed E-state index contributed by atoms with van der Waals surface area (Å²) in [4.78, 5) is 28.1. The van der Waals surface area contributed by atoms with Crippen molar-refractivity contribution in [2.24, 2.45) is 0 Å². The molecule has 31 heavy (non-hydrogen) atoms. The van der Waals surface area contributed by atoms with Gasteiger partial charge < -0.3 is 10.6 Å². The lowest BCUT2D eigenvalue weighted by atomic mass is 9.93. The largest absolute Gasteiger partial charge is 0.416 e. The third kappa shape index (κ3) is 4.25. The quantitative estimate of drug-likeness (QED) is 0.619. The number of nitrogens with zero attached hydrogens (tertiary/aromatic N) is 4. The van der Waals surface area contributed by atoms with Gasteiger partial charge in [-0.3, -0.25) is 4.79 Å². The molecule has 1 saturated heterocycles. The Labute approximate surface area is 181 Å². The van der Waals surface area contributed by atoms with Crippen LogP contribution in [0.25, 0.3) is 11.1 Å². The van der Waals surface area contributed by atoms with E-state index in [1.807, 2.05) is 0 Å². The number of hydrogen-bond acceptors (Lipinski definition) is 6. The number of nitrogens with two attached hydrogens (primary N) is 1. The van der Waals surface area contributed by atoms with E-state index in [1.165, 1.54) is 23.6 Å². The van der Waals surface area contributed by atoms with E-state index >= 15 is 0 Å². The summed E-state index contributed by atoms with van der Waals surface area (Å²) >= 11 is 1.27. The Hall–Kier alpha value is -3.01. The molecule has 10 heteroatoms. The summed E-state index contributed by atoms with van der Waals surface area (Å²) in [5.74, 6) is -0.144. The molecule has 6 nitrogen and oxygen atoms in total. The Morgan fingerprint density at radius 3 is 2.77 bits per heavy atom. The molecule has 0 spiro atoms. The number of piperidine rings is 1. The lowest BCUT2D eigenvalue weighted by molar-refractivity contribution is -0.137. The molecule has 0 saturated carbocycles. The average Bonchev–Trinajstić information content (AvgIpc) is 3.18. The fourth-order valence-electron chi connectivity index (χ4n) is 3.85. The molecule has 1 amide bonds. The first-order valence-corrected chi connectivity index (χ1v) is 10.6. The summed E-state index contributed by atoms with van der Waals surface area (Å²) in [6.45, 7) is 2.30. The molecule has 0 aliphatic carbocycles. The van der Waals surface area contributed by atoms with Crippen LogP contribution in [0.5, 0.6) is 0 Å². The van der Waals surface area contributed by atoms with Gasteiger partial charge in [0.1, 0.15) is 4.88 Å². The Bertz CT molecular complexity index is 1110. The number of carbonyl (C=O) groups is 1. The van der Waals surface area contributed by atoms with Gasteiger partial charge in [-0.05, 0) is 43.9 Å². The lowest BCUT2D eigenvalue weighted by Crippen LogP contribution is -2.39. The second-order valence-corrected chi connectivity index (χ2v) is 8.24. The zero-order valence-electron chi connectivity index (χ0n) is 16.7. The Balaban J connectivity index is 1.79. The van der Waals surface area contributed by atoms with Gasteiger partial charge in [0.25, 0.3) is 5.91 Å². The first kappa shape index (κ1) is 21.2. The molecule has 0 unspecified atom stereocenters. The maximum atomic E-state index is 13.3. The highest BCUT2D eigenvalue weighted by Gasteiger charge is 2.34. The van der Waals surface area contributed by atoms with Crippen LogP contribution in [0.15, 0.2) is 36.0 Å². The van der Waals surface area contributed by atoms with Crippen molar-refractivity contribution in [3.8, 4) is 11.1 Å². The molecule has 0 bridgehead atoms. The zero-order valence-corrected chi connectivity index (χ0v) is 17.5. The molecule has 1 aliphatic rings. The third-order valence-corrected chi connectivity index (χ3v) is 6.27. The number of nitrogen functional groups attached to an aromatic ring is 1. The van der Waals surface area contributed by atoms with Crippen LogP contribution in [-0.2, 0) is 6.18 Å². The number of halogens is 3. The van der Waals surface area contributed by atoms with Gasteiger partial charge in [0.2, 0.25) is 5.95 Å². The highest BCUT2D eigenvalue weighted by atomic mass is 32.1. The molecule has 1 fully saturated rings. The number of rotatable bonds is 3. The van der Waals surface area contributed by atoms with Crippen molar-refractivity contribution >= 4 is 23.2 Å². The highest BCUT2D eigenvalue weighted by molar-refractivity contribution is 7.11. The van der Waals surface area contributed by atoms with Gasteiger partial charge >= 0.3 is 6.18 Å². The predicted octanol–water partition coefficient (Wildman–Crippen LogP) is 4.88. The van der Waals surface area contributed by atoms with Crippen molar-refractivity contribution in [3.05, 3.63) is 57.8 Å². The minimum absolute atomic E-state index is 0.0117. The van der Waals surface area contributed by atoms with Gasteiger partial charge in [-0.15, -0.1) is 11.3 Å². The third-order valence-electron chi connectivity index (χ3n) is 5.36. The Kier molecular flexibility index (Phi) is 5.65. The zero-order chi connectivity index (χ0) is 22.2. The number of amides is 1. The summed E-state index contributed by atoms with van der Waals surface area (Å²) in [6.07, 6.45) is -0.711. The SMILES string of the molecule is Cc1ncsc1C(=O)N1CCCC[C@@H]1c1nc(N)ncc1-c1cccc(C(F)(F)F)c1. The first-order valence-electron chi connectivity index (χ1n) is 9.77. The molecule has 3 heterocycles. The molecule has 1 atom stereocenters. The van der Waals surface area contributed by atoms with Crippen molar-refractivity contribution in [1.82, 2.24) is 19.9 Å². The van der Waals surface area contributed by atoms with E-state index in [-0.39, 0.29) is 11.9 Å². The van der Waals surface area contributed by atoms with Gasteiger partial charge in [0.05, 0.1) is 28.5 Å². The lowest BCUT2D eigenvalue weighted by Gasteiger charge is -2.36. The van der Waals surface area contributed by atoms with Crippen LogP contribution in [-0.4, -0.2) is 32.3 Å². The number of thiazole rings is 1. The minimum atomic E-state index is -4.47. The fraction of sp³-hybridized carbons (Fsp3) is 0.333. The topological polar surface area (TPSA) is 85.0 Å². The van der Waals surface area contributed by atoms with E-state index < -0.39 is 17.8 Å². The van der Waals surface area contributed by atoms with E-state index in [0.717, 1.165) is 25.0 Å². The number of alkyl halides is 3. The van der Waals surface area contributed by atoms with E-state index in [9.17, 15) is 18.0 Å². The summed E-state index contributed by atoms with van der Waals surface area (Å²) in [5.41, 5.74) is 8.58. The molecule has 2 N–H and O–H groups in total. The summed E-state index contributed by atoms with van der Waals surface area (Å²) in [5, 5.41) is 0. The van der Waals surface area contributed by atoms with Crippen LogP contribution in [0.1, 0.15) is 51.9 Å².